The van der Waals surface area contributed by atoms with Crippen molar-refractivity contribution in [3.05, 3.63) is 71.3 Å². The fourth-order valence-electron chi connectivity index (χ4n) is 3.96. The van der Waals surface area contributed by atoms with Gasteiger partial charge in [-0.1, -0.05) is 98.7 Å². The number of hydrogen-bond donors (Lipinski definition) is 2. The Morgan fingerprint density at radius 2 is 0.938 bits per heavy atom. The molecule has 0 saturated heterocycles. The summed E-state index contributed by atoms with van der Waals surface area (Å²) in [4.78, 5) is 0. The van der Waals surface area contributed by atoms with Crippen molar-refractivity contribution < 1.29 is 10.2 Å². The zero-order valence-corrected chi connectivity index (χ0v) is 21.1. The molecule has 0 fully saturated rings. The van der Waals surface area contributed by atoms with Crippen LogP contribution in [0.15, 0.2) is 54.6 Å². The van der Waals surface area contributed by atoms with E-state index in [-0.39, 0.29) is 27.7 Å². The summed E-state index contributed by atoms with van der Waals surface area (Å²) in [6.45, 7) is 19.4. The first-order valence-electron chi connectivity index (χ1n) is 11.4. The summed E-state index contributed by atoms with van der Waals surface area (Å²) in [5.74, 6) is 0.441. The summed E-state index contributed by atoms with van der Waals surface area (Å²) >= 11 is 0. The van der Waals surface area contributed by atoms with Crippen LogP contribution in [0.25, 0.3) is 22.3 Å². The molecule has 3 aromatic rings. The Labute approximate surface area is 194 Å². The Bertz CT molecular complexity index is 1120. The number of aromatic hydroxyl groups is 2. The van der Waals surface area contributed by atoms with Crippen LogP contribution < -0.4 is 0 Å². The molecule has 3 rings (SSSR count). The third kappa shape index (κ3) is 4.70. The van der Waals surface area contributed by atoms with Crippen molar-refractivity contribution in [3.8, 4) is 33.8 Å². The predicted octanol–water partition coefficient (Wildman–Crippen LogP) is 8.32. The normalized spacial score (nSPS) is 12.8. The van der Waals surface area contributed by atoms with Gasteiger partial charge in [0, 0.05) is 22.3 Å². The van der Waals surface area contributed by atoms with E-state index in [1.54, 1.807) is 0 Å². The Kier molecular flexibility index (Phi) is 5.97. The van der Waals surface area contributed by atoms with Gasteiger partial charge in [0.05, 0.1) is 0 Å². The molecule has 170 valence electrons. The minimum atomic E-state index is -0.236. The highest BCUT2D eigenvalue weighted by molar-refractivity contribution is 5.86. The minimum Gasteiger partial charge on any atom is -0.507 e. The lowest BCUT2D eigenvalue weighted by atomic mass is 9.77. The van der Waals surface area contributed by atoms with Crippen molar-refractivity contribution in [2.75, 3.05) is 0 Å². The fraction of sp³-hybridized carbons (Fsp3) is 0.400. The van der Waals surface area contributed by atoms with Gasteiger partial charge < -0.3 is 10.2 Å². The van der Waals surface area contributed by atoms with Crippen LogP contribution in [-0.4, -0.2) is 10.2 Å². The van der Waals surface area contributed by atoms with Gasteiger partial charge in [0.1, 0.15) is 11.5 Å². The largest absolute Gasteiger partial charge is 0.507 e. The van der Waals surface area contributed by atoms with Crippen LogP contribution in [0.5, 0.6) is 11.5 Å². The number of phenols is 2. The van der Waals surface area contributed by atoms with E-state index in [1.165, 1.54) is 0 Å². The molecular formula is C30H38O2. The number of hydrogen-bond acceptors (Lipinski definition) is 2. The SMILES string of the molecule is CC(C)(C)c1cc(-c2ccccc2)c(O)c(-c2cc(C(C)(C)C)cc(C(C)(C)C)c2O)c1. The van der Waals surface area contributed by atoms with Gasteiger partial charge in [-0.3, -0.25) is 0 Å². The van der Waals surface area contributed by atoms with Gasteiger partial charge in [-0.2, -0.15) is 0 Å². The van der Waals surface area contributed by atoms with E-state index in [0.29, 0.717) is 11.1 Å². The quantitative estimate of drug-likeness (QED) is 0.429. The van der Waals surface area contributed by atoms with E-state index in [4.69, 9.17) is 0 Å². The lowest BCUT2D eigenvalue weighted by Gasteiger charge is -2.28. The monoisotopic (exact) mass is 430 g/mol. The average Bonchev–Trinajstić information content (AvgIpc) is 2.66. The molecule has 0 spiro atoms. The van der Waals surface area contributed by atoms with E-state index in [2.05, 4.69) is 74.4 Å². The first-order chi connectivity index (χ1) is 14.6. The molecule has 0 radical (unpaired) electrons. The first kappa shape index (κ1) is 23.9. The van der Waals surface area contributed by atoms with Crippen LogP contribution in [0.4, 0.5) is 0 Å². The van der Waals surface area contributed by atoms with Crippen LogP contribution in [0, 0.1) is 0 Å². The number of rotatable bonds is 2. The highest BCUT2D eigenvalue weighted by atomic mass is 16.3. The van der Waals surface area contributed by atoms with Crippen LogP contribution in [0.2, 0.25) is 0 Å². The molecule has 0 heterocycles. The summed E-state index contributed by atoms with van der Waals surface area (Å²) in [6.07, 6.45) is 0. The zero-order chi connectivity index (χ0) is 24.1. The molecule has 2 N–H and O–H groups in total. The smallest absolute Gasteiger partial charge is 0.131 e. The van der Waals surface area contributed by atoms with Crippen LogP contribution in [0.3, 0.4) is 0 Å². The van der Waals surface area contributed by atoms with Gasteiger partial charge in [0.15, 0.2) is 0 Å². The van der Waals surface area contributed by atoms with Crippen molar-refractivity contribution >= 4 is 0 Å². The Morgan fingerprint density at radius 3 is 1.41 bits per heavy atom. The Hall–Kier alpha value is -2.74. The maximum atomic E-state index is 11.5. The molecule has 0 aromatic heterocycles. The fourth-order valence-corrected chi connectivity index (χ4v) is 3.96. The third-order valence-corrected chi connectivity index (χ3v) is 6.13. The summed E-state index contributed by atoms with van der Waals surface area (Å²) < 4.78 is 0. The van der Waals surface area contributed by atoms with E-state index >= 15 is 0 Å². The summed E-state index contributed by atoms with van der Waals surface area (Å²) in [6, 6.07) is 18.2. The average molecular weight is 431 g/mol. The molecule has 32 heavy (non-hydrogen) atoms. The lowest BCUT2D eigenvalue weighted by molar-refractivity contribution is 0.444. The zero-order valence-electron chi connectivity index (χ0n) is 21.1. The highest BCUT2D eigenvalue weighted by Crippen LogP contribution is 2.48. The van der Waals surface area contributed by atoms with Gasteiger partial charge in [0.2, 0.25) is 0 Å². The van der Waals surface area contributed by atoms with E-state index < -0.39 is 0 Å². The minimum absolute atomic E-state index is 0.0953. The van der Waals surface area contributed by atoms with Gasteiger partial charge in [-0.05, 0) is 51.1 Å². The molecular weight excluding hydrogens is 392 g/mol. The molecule has 2 heteroatoms. The molecule has 3 aromatic carbocycles. The maximum absolute atomic E-state index is 11.5. The molecule has 0 aliphatic carbocycles. The summed E-state index contributed by atoms with van der Waals surface area (Å²) in [5.41, 5.74) is 5.79. The second kappa shape index (κ2) is 7.99. The van der Waals surface area contributed by atoms with Crippen molar-refractivity contribution in [3.63, 3.8) is 0 Å². The topological polar surface area (TPSA) is 40.5 Å². The molecule has 0 unspecified atom stereocenters. The standard InChI is InChI=1S/C30H38O2/c1-28(2,3)20-15-22(19-13-11-10-12-14-19)26(31)23(16-20)24-17-21(29(4,5)6)18-25(27(24)32)30(7,8)9/h10-18,31-32H,1-9H3. The number of benzene rings is 3. The van der Waals surface area contributed by atoms with Gasteiger partial charge >= 0.3 is 0 Å². The van der Waals surface area contributed by atoms with Crippen LogP contribution in [-0.2, 0) is 16.2 Å². The van der Waals surface area contributed by atoms with Crippen LogP contribution in [0.1, 0.15) is 79.0 Å². The molecule has 0 aliphatic heterocycles. The molecule has 0 aliphatic rings. The maximum Gasteiger partial charge on any atom is 0.131 e. The van der Waals surface area contributed by atoms with Crippen molar-refractivity contribution in [1.29, 1.82) is 0 Å². The third-order valence-electron chi connectivity index (χ3n) is 6.13. The predicted molar refractivity (Wildman–Crippen MR) is 137 cm³/mol. The Morgan fingerprint density at radius 1 is 0.500 bits per heavy atom. The van der Waals surface area contributed by atoms with Gasteiger partial charge in [0.25, 0.3) is 0 Å². The van der Waals surface area contributed by atoms with Crippen molar-refractivity contribution in [2.45, 2.75) is 78.6 Å². The second-order valence-electron chi connectivity index (χ2n) is 12.0. The lowest BCUT2D eigenvalue weighted by Crippen LogP contribution is -2.17. The van der Waals surface area contributed by atoms with Crippen molar-refractivity contribution in [1.82, 2.24) is 0 Å². The molecule has 0 amide bonds. The van der Waals surface area contributed by atoms with Crippen LogP contribution >= 0.6 is 0 Å². The van der Waals surface area contributed by atoms with Gasteiger partial charge in [-0.25, -0.2) is 0 Å². The Balaban J connectivity index is 2.44. The highest BCUT2D eigenvalue weighted by Gasteiger charge is 2.28. The van der Waals surface area contributed by atoms with E-state index in [1.807, 2.05) is 42.5 Å². The van der Waals surface area contributed by atoms with E-state index in [0.717, 1.165) is 27.8 Å². The molecule has 2 nitrogen and oxygen atoms in total. The van der Waals surface area contributed by atoms with Gasteiger partial charge in [-0.15, -0.1) is 0 Å². The molecule has 0 atom stereocenters. The van der Waals surface area contributed by atoms with E-state index in [9.17, 15) is 10.2 Å². The summed E-state index contributed by atoms with van der Waals surface area (Å²) in [5, 5.41) is 22.9. The van der Waals surface area contributed by atoms with Crippen molar-refractivity contribution in [2.24, 2.45) is 0 Å². The summed E-state index contributed by atoms with van der Waals surface area (Å²) in [7, 11) is 0. The molecule has 0 saturated carbocycles. The molecule has 0 bridgehead atoms. The second-order valence-corrected chi connectivity index (χ2v) is 12.0. The first-order valence-corrected chi connectivity index (χ1v) is 11.4. The number of phenolic OH excluding ortho intramolecular Hbond substituents is 2.